The van der Waals surface area contributed by atoms with Gasteiger partial charge in [-0.15, -0.1) is 0 Å². The van der Waals surface area contributed by atoms with Crippen molar-refractivity contribution in [3.05, 3.63) is 53.7 Å². The van der Waals surface area contributed by atoms with Gasteiger partial charge < -0.3 is 20.3 Å². The van der Waals surface area contributed by atoms with Gasteiger partial charge in [0.2, 0.25) is 0 Å². The van der Waals surface area contributed by atoms with Crippen molar-refractivity contribution < 1.29 is 24.7 Å². The molecule has 0 aliphatic heterocycles. The summed E-state index contributed by atoms with van der Waals surface area (Å²) in [5, 5.41) is 21.8. The number of nitrogen functional groups attached to an aromatic ring is 1. The SMILES string of the molecule is Nc1ccc([C@@H](O)CNCCOc2ccc(CC(=O)O)cc2)c[nH+]1. The molecule has 0 spiro atoms. The first-order valence-corrected chi connectivity index (χ1v) is 7.64. The van der Waals surface area contributed by atoms with Crippen LogP contribution in [0.4, 0.5) is 5.82 Å². The highest BCUT2D eigenvalue weighted by Crippen LogP contribution is 2.12. The summed E-state index contributed by atoms with van der Waals surface area (Å²) < 4.78 is 5.55. The summed E-state index contributed by atoms with van der Waals surface area (Å²) in [6.07, 6.45) is 1.05. The summed E-state index contributed by atoms with van der Waals surface area (Å²) in [5.74, 6) is 0.367. The van der Waals surface area contributed by atoms with Gasteiger partial charge in [-0.25, -0.2) is 4.98 Å². The third-order valence-electron chi connectivity index (χ3n) is 3.41. The number of hydrogen-bond donors (Lipinski definition) is 4. The lowest BCUT2D eigenvalue weighted by Gasteiger charge is -2.12. The van der Waals surface area contributed by atoms with Crippen molar-refractivity contribution in [1.29, 1.82) is 0 Å². The molecule has 1 heterocycles. The molecular weight excluding hydrogens is 310 g/mol. The number of aliphatic hydroxyl groups is 1. The van der Waals surface area contributed by atoms with E-state index in [1.807, 2.05) is 0 Å². The highest BCUT2D eigenvalue weighted by atomic mass is 16.5. The largest absolute Gasteiger partial charge is 0.492 e. The van der Waals surface area contributed by atoms with Gasteiger partial charge in [-0.2, -0.15) is 0 Å². The molecule has 0 bridgehead atoms. The smallest absolute Gasteiger partial charge is 0.307 e. The average Bonchev–Trinajstić information content (AvgIpc) is 2.56. The Bertz CT molecular complexity index is 644. The highest BCUT2D eigenvalue weighted by Gasteiger charge is 2.08. The number of aliphatic hydroxyl groups excluding tert-OH is 1. The standard InChI is InChI=1S/C17H21N3O4/c18-16-6-3-13(10-20-16)15(21)11-19-7-8-24-14-4-1-12(2-5-14)9-17(22)23/h1-6,10,15,19,21H,7-9,11H2,(H2,18,20)(H,22,23)/p+1/t15-/m0/s1. The second-order valence-electron chi connectivity index (χ2n) is 5.36. The summed E-state index contributed by atoms with van der Waals surface area (Å²) in [6.45, 7) is 1.42. The Morgan fingerprint density at radius 2 is 2.00 bits per heavy atom. The number of pyridine rings is 1. The van der Waals surface area contributed by atoms with Crippen LogP contribution in [0.25, 0.3) is 0 Å². The number of rotatable bonds is 9. The van der Waals surface area contributed by atoms with Crippen molar-refractivity contribution in [1.82, 2.24) is 5.32 Å². The van der Waals surface area contributed by atoms with Crippen LogP contribution in [0.2, 0.25) is 0 Å². The Hall–Kier alpha value is -2.64. The lowest BCUT2D eigenvalue weighted by atomic mass is 10.1. The summed E-state index contributed by atoms with van der Waals surface area (Å²) in [5.41, 5.74) is 7.05. The van der Waals surface area contributed by atoms with Crippen molar-refractivity contribution in [3.63, 3.8) is 0 Å². The number of aromatic nitrogens is 1. The zero-order valence-corrected chi connectivity index (χ0v) is 13.2. The van der Waals surface area contributed by atoms with Crippen molar-refractivity contribution in [2.24, 2.45) is 0 Å². The van der Waals surface area contributed by atoms with Gasteiger partial charge in [0.05, 0.1) is 18.7 Å². The van der Waals surface area contributed by atoms with Gasteiger partial charge in [0.25, 0.3) is 5.82 Å². The van der Waals surface area contributed by atoms with Crippen LogP contribution in [-0.4, -0.2) is 35.9 Å². The van der Waals surface area contributed by atoms with E-state index >= 15 is 0 Å². The fraction of sp³-hybridized carbons (Fsp3) is 0.294. The molecule has 0 aliphatic carbocycles. The lowest BCUT2D eigenvalue weighted by molar-refractivity contribution is -0.361. The number of ether oxygens (including phenoxy) is 1. The Balaban J connectivity index is 1.65. The first-order chi connectivity index (χ1) is 11.5. The second-order valence-corrected chi connectivity index (χ2v) is 5.36. The first kappa shape index (κ1) is 17.7. The quantitative estimate of drug-likeness (QED) is 0.494. The molecule has 0 fully saturated rings. The predicted octanol–water partition coefficient (Wildman–Crippen LogP) is 0.412. The molecule has 0 unspecified atom stereocenters. The number of hydrogen-bond acceptors (Lipinski definition) is 5. The Labute approximate surface area is 140 Å². The molecule has 24 heavy (non-hydrogen) atoms. The molecule has 1 aromatic heterocycles. The Morgan fingerprint density at radius 3 is 2.62 bits per heavy atom. The van der Waals surface area contributed by atoms with Gasteiger partial charge in [-0.3, -0.25) is 10.5 Å². The maximum atomic E-state index is 10.6. The van der Waals surface area contributed by atoms with E-state index in [0.29, 0.717) is 31.3 Å². The molecule has 0 saturated carbocycles. The average molecular weight is 332 g/mol. The number of carbonyl (C=O) groups is 1. The number of nitrogens with one attached hydrogen (secondary N) is 2. The molecule has 1 atom stereocenters. The van der Waals surface area contributed by atoms with E-state index in [9.17, 15) is 9.90 Å². The number of carboxylic acid groups (broad SMARTS) is 1. The third-order valence-corrected chi connectivity index (χ3v) is 3.41. The van der Waals surface area contributed by atoms with Gasteiger partial charge in [0, 0.05) is 24.7 Å². The maximum absolute atomic E-state index is 10.6. The van der Waals surface area contributed by atoms with Crippen molar-refractivity contribution in [3.8, 4) is 5.75 Å². The number of H-pyrrole nitrogens is 1. The van der Waals surface area contributed by atoms with E-state index in [1.165, 1.54) is 0 Å². The predicted molar refractivity (Wildman–Crippen MR) is 88.5 cm³/mol. The van der Waals surface area contributed by atoms with Crippen LogP contribution in [-0.2, 0) is 11.2 Å². The van der Waals surface area contributed by atoms with Crippen LogP contribution in [0.3, 0.4) is 0 Å². The molecule has 6 N–H and O–H groups in total. The minimum absolute atomic E-state index is 0.00227. The van der Waals surface area contributed by atoms with Gasteiger partial charge >= 0.3 is 5.97 Å². The van der Waals surface area contributed by atoms with Crippen LogP contribution >= 0.6 is 0 Å². The van der Waals surface area contributed by atoms with Crippen molar-refractivity contribution in [2.75, 3.05) is 25.4 Å². The number of aliphatic carboxylic acids is 1. The minimum Gasteiger partial charge on any atom is -0.492 e. The van der Waals surface area contributed by atoms with Crippen LogP contribution in [0.15, 0.2) is 42.6 Å². The molecule has 0 saturated heterocycles. The fourth-order valence-corrected chi connectivity index (χ4v) is 2.13. The van der Waals surface area contributed by atoms with E-state index in [-0.39, 0.29) is 6.42 Å². The topological polar surface area (TPSA) is 119 Å². The fourth-order valence-electron chi connectivity index (χ4n) is 2.13. The summed E-state index contributed by atoms with van der Waals surface area (Å²) in [7, 11) is 0. The normalized spacial score (nSPS) is 11.9. The zero-order chi connectivity index (χ0) is 17.4. The summed E-state index contributed by atoms with van der Waals surface area (Å²) >= 11 is 0. The van der Waals surface area contributed by atoms with E-state index in [1.54, 1.807) is 42.6 Å². The molecule has 2 rings (SSSR count). The van der Waals surface area contributed by atoms with Crippen LogP contribution in [0, 0.1) is 0 Å². The lowest BCUT2D eigenvalue weighted by Crippen LogP contribution is -2.26. The summed E-state index contributed by atoms with van der Waals surface area (Å²) in [6, 6.07) is 10.4. The molecule has 1 aromatic carbocycles. The van der Waals surface area contributed by atoms with Gasteiger partial charge in [0.1, 0.15) is 12.4 Å². The minimum atomic E-state index is -0.856. The third kappa shape index (κ3) is 5.86. The number of anilines is 1. The first-order valence-electron chi connectivity index (χ1n) is 7.64. The van der Waals surface area contributed by atoms with Crippen molar-refractivity contribution >= 4 is 11.8 Å². The number of carboxylic acids is 1. The monoisotopic (exact) mass is 332 g/mol. The Morgan fingerprint density at radius 1 is 1.25 bits per heavy atom. The molecule has 0 radical (unpaired) electrons. The van der Waals surface area contributed by atoms with Crippen LogP contribution in [0.1, 0.15) is 17.2 Å². The zero-order valence-electron chi connectivity index (χ0n) is 13.2. The van der Waals surface area contributed by atoms with Gasteiger partial charge in [-0.1, -0.05) is 12.1 Å². The molecule has 0 aliphatic rings. The molecule has 7 nitrogen and oxygen atoms in total. The van der Waals surface area contributed by atoms with Crippen molar-refractivity contribution in [2.45, 2.75) is 12.5 Å². The molecule has 128 valence electrons. The number of benzene rings is 1. The van der Waals surface area contributed by atoms with E-state index < -0.39 is 12.1 Å². The van der Waals surface area contributed by atoms with E-state index in [2.05, 4.69) is 10.3 Å². The Kier molecular flexibility index (Phi) is 6.53. The maximum Gasteiger partial charge on any atom is 0.307 e. The second kappa shape index (κ2) is 8.85. The van der Waals surface area contributed by atoms with E-state index in [0.717, 1.165) is 11.1 Å². The number of nitrogens with two attached hydrogens (primary N) is 1. The molecule has 7 heteroatoms. The van der Waals surface area contributed by atoms with Gasteiger partial charge in [0.15, 0.2) is 0 Å². The molecule has 0 amide bonds. The molecule has 2 aromatic rings. The van der Waals surface area contributed by atoms with E-state index in [4.69, 9.17) is 15.6 Å². The van der Waals surface area contributed by atoms with Crippen LogP contribution < -0.4 is 20.8 Å². The highest BCUT2D eigenvalue weighted by molar-refractivity contribution is 5.70. The summed E-state index contributed by atoms with van der Waals surface area (Å²) in [4.78, 5) is 13.5. The number of aromatic amines is 1. The van der Waals surface area contributed by atoms with Crippen LogP contribution in [0.5, 0.6) is 5.75 Å². The molecular formula is C17H22N3O4+. The van der Waals surface area contributed by atoms with Gasteiger partial charge in [-0.05, 0) is 23.8 Å².